The van der Waals surface area contributed by atoms with Crippen LogP contribution in [-0.4, -0.2) is 45.4 Å². The number of piperidine rings is 1. The van der Waals surface area contributed by atoms with Crippen molar-refractivity contribution in [2.75, 3.05) is 6.54 Å². The molecule has 194 valence electrons. The summed E-state index contributed by atoms with van der Waals surface area (Å²) in [6, 6.07) is 6.54. The number of amides is 2. The average molecular weight is 494 g/mol. The number of carbonyl (C=O) groups excluding carboxylic acids is 2. The van der Waals surface area contributed by atoms with Gasteiger partial charge in [-0.1, -0.05) is 45.9 Å². The van der Waals surface area contributed by atoms with E-state index >= 15 is 0 Å². The lowest BCUT2D eigenvalue weighted by molar-refractivity contribution is -0.147. The number of hydrogen-bond acceptors (Lipinski definition) is 4. The Morgan fingerprint density at radius 1 is 1.17 bits per heavy atom. The van der Waals surface area contributed by atoms with Crippen molar-refractivity contribution in [3.05, 3.63) is 53.3 Å². The van der Waals surface area contributed by atoms with Crippen LogP contribution in [0.3, 0.4) is 0 Å². The number of aliphatic carboxylic acids is 1. The van der Waals surface area contributed by atoms with Gasteiger partial charge in [0.2, 0.25) is 11.8 Å². The van der Waals surface area contributed by atoms with Gasteiger partial charge in [0.15, 0.2) is 0 Å². The molecule has 1 aromatic heterocycles. The van der Waals surface area contributed by atoms with Crippen molar-refractivity contribution in [2.24, 2.45) is 11.3 Å². The maximum atomic E-state index is 13.6. The molecule has 0 aliphatic carbocycles. The normalized spacial score (nSPS) is 17.1. The molecular weight excluding hydrogens is 454 g/mol. The summed E-state index contributed by atoms with van der Waals surface area (Å²) in [5.74, 6) is -1.18. The van der Waals surface area contributed by atoms with Crippen LogP contribution in [0.2, 0.25) is 0 Å². The maximum Gasteiger partial charge on any atom is 0.305 e. The van der Waals surface area contributed by atoms with Crippen LogP contribution in [0.5, 0.6) is 0 Å². The molecular formula is C29H39N3O4. The predicted molar refractivity (Wildman–Crippen MR) is 140 cm³/mol. The third-order valence-corrected chi connectivity index (χ3v) is 6.93. The number of hydrogen-bond donors (Lipinski definition) is 2. The number of carboxylic acid groups (broad SMARTS) is 1. The van der Waals surface area contributed by atoms with Crippen molar-refractivity contribution in [3.8, 4) is 11.1 Å². The predicted octanol–water partition coefficient (Wildman–Crippen LogP) is 5.06. The largest absolute Gasteiger partial charge is 0.481 e. The van der Waals surface area contributed by atoms with Crippen LogP contribution in [-0.2, 0) is 14.4 Å². The molecule has 1 aromatic carbocycles. The van der Waals surface area contributed by atoms with E-state index in [9.17, 15) is 19.5 Å². The molecule has 2 unspecified atom stereocenters. The highest BCUT2D eigenvalue weighted by atomic mass is 16.4. The van der Waals surface area contributed by atoms with E-state index in [1.807, 2.05) is 52.0 Å². The lowest BCUT2D eigenvalue weighted by atomic mass is 9.82. The molecule has 0 bridgehead atoms. The highest BCUT2D eigenvalue weighted by molar-refractivity contribution is 5.88. The second-order valence-corrected chi connectivity index (χ2v) is 11.3. The third kappa shape index (κ3) is 6.71. The maximum absolute atomic E-state index is 13.6. The fraction of sp³-hybridized carbons (Fsp3) is 0.517. The molecule has 2 amide bonds. The molecule has 1 aliphatic rings. The van der Waals surface area contributed by atoms with Gasteiger partial charge < -0.3 is 15.3 Å². The Morgan fingerprint density at radius 3 is 2.44 bits per heavy atom. The van der Waals surface area contributed by atoms with E-state index in [0.29, 0.717) is 24.9 Å². The summed E-state index contributed by atoms with van der Waals surface area (Å²) in [5, 5.41) is 12.6. The molecule has 2 atom stereocenters. The van der Waals surface area contributed by atoms with Crippen LogP contribution in [0.1, 0.15) is 76.1 Å². The number of aryl methyl sites for hydroxylation is 2. The molecule has 3 rings (SSSR count). The molecule has 7 nitrogen and oxygen atoms in total. The van der Waals surface area contributed by atoms with Crippen molar-refractivity contribution in [2.45, 2.75) is 79.3 Å². The Labute approximate surface area is 214 Å². The standard InChI is InChI=1S/C29H39N3O4/c1-18(2)12-24(32-17-29(5,6)11-10-25(32)33)28(36)31-23(14-26(34)35)21-13-22(16-30-15-21)27-19(3)8-7-9-20(27)4/h7-9,13,15-16,18,23-24H,10-12,14,17H2,1-6H3,(H,31,36)(H,34,35). The number of aromatic nitrogens is 1. The Balaban J connectivity index is 1.94. The lowest BCUT2D eigenvalue weighted by Gasteiger charge is -2.42. The number of rotatable bonds is 9. The van der Waals surface area contributed by atoms with Crippen molar-refractivity contribution >= 4 is 17.8 Å². The SMILES string of the molecule is Cc1cccc(C)c1-c1cncc(C(CC(=O)O)NC(=O)C(CC(C)C)N2CC(C)(C)CCC2=O)c1. The first-order valence-electron chi connectivity index (χ1n) is 12.7. The van der Waals surface area contributed by atoms with E-state index in [1.165, 1.54) is 0 Å². The second kappa shape index (κ2) is 11.2. The lowest BCUT2D eigenvalue weighted by Crippen LogP contribution is -2.55. The summed E-state index contributed by atoms with van der Waals surface area (Å²) >= 11 is 0. The average Bonchev–Trinajstić information content (AvgIpc) is 2.78. The van der Waals surface area contributed by atoms with Gasteiger partial charge >= 0.3 is 5.97 Å². The summed E-state index contributed by atoms with van der Waals surface area (Å²) in [4.78, 5) is 44.4. The molecule has 1 fully saturated rings. The van der Waals surface area contributed by atoms with Gasteiger partial charge in [0, 0.05) is 30.9 Å². The Hall–Kier alpha value is -3.22. The molecule has 2 aromatic rings. The van der Waals surface area contributed by atoms with E-state index in [0.717, 1.165) is 28.7 Å². The van der Waals surface area contributed by atoms with E-state index in [-0.39, 0.29) is 29.6 Å². The fourth-order valence-corrected chi connectivity index (χ4v) is 5.07. The van der Waals surface area contributed by atoms with E-state index in [1.54, 1.807) is 17.3 Å². The molecule has 1 aliphatic heterocycles. The van der Waals surface area contributed by atoms with Crippen molar-refractivity contribution in [1.29, 1.82) is 0 Å². The minimum Gasteiger partial charge on any atom is -0.481 e. The zero-order chi connectivity index (χ0) is 26.6. The van der Waals surface area contributed by atoms with Gasteiger partial charge in [-0.25, -0.2) is 0 Å². The number of nitrogens with one attached hydrogen (secondary N) is 1. The molecule has 36 heavy (non-hydrogen) atoms. The highest BCUT2D eigenvalue weighted by Gasteiger charge is 2.39. The summed E-state index contributed by atoms with van der Waals surface area (Å²) in [5.41, 5.74) is 4.66. The van der Waals surface area contributed by atoms with Gasteiger partial charge in [-0.3, -0.25) is 19.4 Å². The number of benzene rings is 1. The minimum absolute atomic E-state index is 0.0244. The van der Waals surface area contributed by atoms with Crippen LogP contribution in [0.15, 0.2) is 36.7 Å². The molecule has 1 saturated heterocycles. The van der Waals surface area contributed by atoms with Gasteiger partial charge in [-0.15, -0.1) is 0 Å². The van der Waals surface area contributed by atoms with Crippen LogP contribution >= 0.6 is 0 Å². The first-order chi connectivity index (χ1) is 16.9. The third-order valence-electron chi connectivity index (χ3n) is 6.93. The highest BCUT2D eigenvalue weighted by Crippen LogP contribution is 2.33. The first kappa shape index (κ1) is 27.4. The monoisotopic (exact) mass is 493 g/mol. The van der Waals surface area contributed by atoms with E-state index in [4.69, 9.17) is 0 Å². The molecule has 0 radical (unpaired) electrons. The zero-order valence-electron chi connectivity index (χ0n) is 22.3. The van der Waals surface area contributed by atoms with Gasteiger partial charge in [0.1, 0.15) is 6.04 Å². The van der Waals surface area contributed by atoms with Gasteiger partial charge in [-0.2, -0.15) is 0 Å². The summed E-state index contributed by atoms with van der Waals surface area (Å²) in [6.45, 7) is 12.8. The minimum atomic E-state index is -1.02. The Kier molecular flexibility index (Phi) is 8.54. The zero-order valence-corrected chi connectivity index (χ0v) is 22.3. The molecule has 0 spiro atoms. The summed E-state index contributed by atoms with van der Waals surface area (Å²) < 4.78 is 0. The van der Waals surface area contributed by atoms with Crippen molar-refractivity contribution in [3.63, 3.8) is 0 Å². The topological polar surface area (TPSA) is 99.6 Å². The summed E-state index contributed by atoms with van der Waals surface area (Å²) in [6.07, 6.45) is 4.80. The summed E-state index contributed by atoms with van der Waals surface area (Å²) in [7, 11) is 0. The second-order valence-electron chi connectivity index (χ2n) is 11.3. The number of likely N-dealkylation sites (tertiary alicyclic amines) is 1. The fourth-order valence-electron chi connectivity index (χ4n) is 5.07. The number of carboxylic acids is 1. The number of pyridine rings is 1. The number of nitrogens with zero attached hydrogens (tertiary/aromatic N) is 2. The number of carbonyl (C=O) groups is 3. The van der Waals surface area contributed by atoms with Crippen molar-refractivity contribution < 1.29 is 19.5 Å². The van der Waals surface area contributed by atoms with Gasteiger partial charge in [0.25, 0.3) is 0 Å². The Morgan fingerprint density at radius 2 is 1.83 bits per heavy atom. The van der Waals surface area contributed by atoms with Crippen LogP contribution in [0, 0.1) is 25.2 Å². The van der Waals surface area contributed by atoms with Crippen molar-refractivity contribution in [1.82, 2.24) is 15.2 Å². The smallest absolute Gasteiger partial charge is 0.305 e. The molecule has 7 heteroatoms. The van der Waals surface area contributed by atoms with Crippen LogP contribution in [0.4, 0.5) is 0 Å². The molecule has 0 saturated carbocycles. The van der Waals surface area contributed by atoms with Crippen LogP contribution in [0.25, 0.3) is 11.1 Å². The van der Waals surface area contributed by atoms with E-state index < -0.39 is 18.1 Å². The van der Waals surface area contributed by atoms with Gasteiger partial charge in [0.05, 0.1) is 12.5 Å². The molecule has 2 heterocycles. The first-order valence-corrected chi connectivity index (χ1v) is 12.7. The molecule has 2 N–H and O–H groups in total. The quantitative estimate of drug-likeness (QED) is 0.509. The van der Waals surface area contributed by atoms with Gasteiger partial charge in [-0.05, 0) is 66.3 Å². The Bertz CT molecular complexity index is 1110. The van der Waals surface area contributed by atoms with Crippen LogP contribution < -0.4 is 5.32 Å². The van der Waals surface area contributed by atoms with E-state index in [2.05, 4.69) is 24.1 Å².